The maximum absolute atomic E-state index is 6.09. The predicted molar refractivity (Wildman–Crippen MR) is 83.8 cm³/mol. The van der Waals surface area contributed by atoms with Gasteiger partial charge in [0.25, 0.3) is 0 Å². The molecule has 0 aromatic heterocycles. The van der Waals surface area contributed by atoms with Crippen molar-refractivity contribution in [2.75, 3.05) is 12.4 Å². The number of nitrogens with one attached hydrogen (secondary N) is 1. The van der Waals surface area contributed by atoms with Gasteiger partial charge in [0.15, 0.2) is 0 Å². The monoisotopic (exact) mass is 293 g/mol. The largest absolute Gasteiger partial charge is 0.488 e. The summed E-state index contributed by atoms with van der Waals surface area (Å²) in [5.41, 5.74) is 2.67. The zero-order valence-corrected chi connectivity index (χ0v) is 13.0. The van der Waals surface area contributed by atoms with Crippen molar-refractivity contribution in [1.82, 2.24) is 5.32 Å². The number of benzene rings is 1. The van der Waals surface area contributed by atoms with Crippen molar-refractivity contribution >= 4 is 11.6 Å². The summed E-state index contributed by atoms with van der Waals surface area (Å²) in [7, 11) is 0. The minimum atomic E-state index is 0.282. The van der Waals surface area contributed by atoms with Crippen LogP contribution < -0.4 is 10.1 Å². The van der Waals surface area contributed by atoms with Crippen LogP contribution in [0.2, 0.25) is 0 Å². The number of hydrogen-bond donors (Lipinski definition) is 1. The lowest BCUT2D eigenvalue weighted by Gasteiger charge is -2.31. The number of halogens is 1. The van der Waals surface area contributed by atoms with Crippen molar-refractivity contribution < 1.29 is 4.74 Å². The number of fused-ring (bicyclic) bond motifs is 1. The fourth-order valence-electron chi connectivity index (χ4n) is 3.51. The topological polar surface area (TPSA) is 21.3 Å². The van der Waals surface area contributed by atoms with E-state index in [-0.39, 0.29) is 6.10 Å². The summed E-state index contributed by atoms with van der Waals surface area (Å²) in [4.78, 5) is 0. The van der Waals surface area contributed by atoms with Gasteiger partial charge in [-0.15, -0.1) is 11.6 Å². The second-order valence-electron chi connectivity index (χ2n) is 6.27. The molecule has 1 N–H and O–H groups in total. The normalized spacial score (nSPS) is 29.0. The molecule has 20 heavy (non-hydrogen) atoms. The van der Waals surface area contributed by atoms with Gasteiger partial charge in [-0.2, -0.15) is 0 Å². The van der Waals surface area contributed by atoms with E-state index < -0.39 is 0 Å². The minimum absolute atomic E-state index is 0.282. The molecule has 0 radical (unpaired) electrons. The molecule has 0 bridgehead atoms. The van der Waals surface area contributed by atoms with Gasteiger partial charge in [-0.05, 0) is 37.3 Å². The fourth-order valence-corrected chi connectivity index (χ4v) is 3.88. The van der Waals surface area contributed by atoms with E-state index in [1.54, 1.807) is 0 Å². The molecule has 1 aliphatic carbocycles. The third kappa shape index (κ3) is 3.12. The highest BCUT2D eigenvalue weighted by Crippen LogP contribution is 2.30. The molecule has 2 aliphatic rings. The minimum Gasteiger partial charge on any atom is -0.488 e. The van der Waals surface area contributed by atoms with E-state index >= 15 is 0 Å². The highest BCUT2D eigenvalue weighted by Gasteiger charge is 2.27. The molecular weight excluding hydrogens is 270 g/mol. The summed E-state index contributed by atoms with van der Waals surface area (Å²) in [6.45, 7) is 3.07. The third-order valence-electron chi connectivity index (χ3n) is 4.67. The van der Waals surface area contributed by atoms with E-state index in [9.17, 15) is 0 Å². The molecule has 2 nitrogen and oxygen atoms in total. The smallest absolute Gasteiger partial charge is 0.123 e. The molecule has 1 aromatic rings. The lowest BCUT2D eigenvalue weighted by molar-refractivity contribution is 0.200. The van der Waals surface area contributed by atoms with Crippen molar-refractivity contribution in [3.63, 3.8) is 0 Å². The van der Waals surface area contributed by atoms with Crippen LogP contribution >= 0.6 is 11.6 Å². The Bertz CT molecular complexity index is 462. The molecule has 1 aromatic carbocycles. The third-order valence-corrected chi connectivity index (χ3v) is 5.07. The Hall–Kier alpha value is -0.730. The van der Waals surface area contributed by atoms with Crippen molar-refractivity contribution in [3.05, 3.63) is 29.3 Å². The molecule has 3 atom stereocenters. The average Bonchev–Trinajstić information content (AvgIpc) is 2.87. The van der Waals surface area contributed by atoms with E-state index in [0.717, 1.165) is 24.6 Å². The first kappa shape index (κ1) is 14.2. The van der Waals surface area contributed by atoms with Crippen molar-refractivity contribution in [3.8, 4) is 5.75 Å². The van der Waals surface area contributed by atoms with Crippen LogP contribution in [0.15, 0.2) is 18.2 Å². The summed E-state index contributed by atoms with van der Waals surface area (Å²) in [6, 6.07) is 7.05. The lowest BCUT2D eigenvalue weighted by Crippen LogP contribution is -2.43. The quantitative estimate of drug-likeness (QED) is 0.855. The maximum Gasteiger partial charge on any atom is 0.123 e. The van der Waals surface area contributed by atoms with Gasteiger partial charge in [-0.1, -0.05) is 30.5 Å². The van der Waals surface area contributed by atoms with Crippen LogP contribution in [0.1, 0.15) is 36.8 Å². The standard InChI is InChI=1S/C17H24ClNO/c1-12-6-7-17-14(8-12)9-15(20-17)11-19-16-5-3-2-4-13(16)10-18/h6-8,13,15-16,19H,2-5,9-11H2,1H3. The molecule has 1 aliphatic heterocycles. The second kappa shape index (κ2) is 6.36. The van der Waals surface area contributed by atoms with Gasteiger partial charge < -0.3 is 10.1 Å². The molecule has 0 saturated heterocycles. The molecule has 1 heterocycles. The molecule has 110 valence electrons. The van der Waals surface area contributed by atoms with Gasteiger partial charge in [0.2, 0.25) is 0 Å². The fraction of sp³-hybridized carbons (Fsp3) is 0.647. The number of ether oxygens (including phenoxy) is 1. The van der Waals surface area contributed by atoms with E-state index in [2.05, 4.69) is 30.4 Å². The molecule has 0 spiro atoms. The van der Waals surface area contributed by atoms with Crippen LogP contribution in [0, 0.1) is 12.8 Å². The molecule has 1 fully saturated rings. The maximum atomic E-state index is 6.09. The van der Waals surface area contributed by atoms with Gasteiger partial charge in [-0.3, -0.25) is 0 Å². The zero-order valence-electron chi connectivity index (χ0n) is 12.2. The Balaban J connectivity index is 1.53. The summed E-state index contributed by atoms with van der Waals surface area (Å²) in [5.74, 6) is 2.49. The number of rotatable bonds is 4. The molecule has 3 heteroatoms. The van der Waals surface area contributed by atoms with Gasteiger partial charge in [0.1, 0.15) is 11.9 Å². The molecule has 3 rings (SSSR count). The van der Waals surface area contributed by atoms with Crippen LogP contribution in [0.3, 0.4) is 0 Å². The van der Waals surface area contributed by atoms with Crippen LogP contribution in [-0.2, 0) is 6.42 Å². The van der Waals surface area contributed by atoms with Crippen LogP contribution in [0.4, 0.5) is 0 Å². The van der Waals surface area contributed by atoms with Crippen LogP contribution in [0.5, 0.6) is 5.75 Å². The molecule has 1 saturated carbocycles. The Morgan fingerprint density at radius 2 is 2.15 bits per heavy atom. The Labute approximate surface area is 126 Å². The Kier molecular flexibility index (Phi) is 4.52. The Morgan fingerprint density at radius 3 is 3.00 bits per heavy atom. The van der Waals surface area contributed by atoms with E-state index in [1.165, 1.54) is 36.8 Å². The summed E-state index contributed by atoms with van der Waals surface area (Å²) < 4.78 is 6.03. The van der Waals surface area contributed by atoms with Gasteiger partial charge in [0.05, 0.1) is 0 Å². The van der Waals surface area contributed by atoms with Crippen molar-refractivity contribution in [2.24, 2.45) is 5.92 Å². The zero-order chi connectivity index (χ0) is 13.9. The van der Waals surface area contributed by atoms with E-state index in [4.69, 9.17) is 16.3 Å². The molecule has 3 unspecified atom stereocenters. The van der Waals surface area contributed by atoms with E-state index in [1.807, 2.05) is 0 Å². The van der Waals surface area contributed by atoms with Crippen LogP contribution in [0.25, 0.3) is 0 Å². The summed E-state index contributed by atoms with van der Waals surface area (Å²) in [6.07, 6.45) is 6.51. The summed E-state index contributed by atoms with van der Waals surface area (Å²) in [5, 5.41) is 3.70. The number of alkyl halides is 1. The second-order valence-corrected chi connectivity index (χ2v) is 6.58. The van der Waals surface area contributed by atoms with Gasteiger partial charge >= 0.3 is 0 Å². The Morgan fingerprint density at radius 1 is 1.30 bits per heavy atom. The summed E-state index contributed by atoms with van der Waals surface area (Å²) >= 11 is 6.09. The first-order valence-electron chi connectivity index (χ1n) is 7.82. The molecular formula is C17H24ClNO. The highest BCUT2D eigenvalue weighted by molar-refractivity contribution is 6.18. The van der Waals surface area contributed by atoms with Gasteiger partial charge in [-0.25, -0.2) is 0 Å². The average molecular weight is 294 g/mol. The SMILES string of the molecule is Cc1ccc2c(c1)CC(CNC1CCCCC1CCl)O2. The van der Waals surface area contributed by atoms with Crippen molar-refractivity contribution in [2.45, 2.75) is 51.2 Å². The van der Waals surface area contributed by atoms with Gasteiger partial charge in [0, 0.05) is 24.9 Å². The first-order chi connectivity index (χ1) is 9.76. The lowest BCUT2D eigenvalue weighted by atomic mass is 9.85. The van der Waals surface area contributed by atoms with Crippen molar-refractivity contribution in [1.29, 1.82) is 0 Å². The predicted octanol–water partition coefficient (Wildman–Crippen LogP) is 3.69. The van der Waals surface area contributed by atoms with Crippen LogP contribution in [-0.4, -0.2) is 24.6 Å². The molecule has 0 amide bonds. The van der Waals surface area contributed by atoms with E-state index in [0.29, 0.717) is 12.0 Å². The first-order valence-corrected chi connectivity index (χ1v) is 8.35. The number of hydrogen-bond acceptors (Lipinski definition) is 2. The highest BCUT2D eigenvalue weighted by atomic mass is 35.5. The number of aryl methyl sites for hydroxylation is 1.